The zero-order valence-corrected chi connectivity index (χ0v) is 4.29. The molecule has 0 saturated heterocycles. The van der Waals surface area contributed by atoms with Crippen molar-refractivity contribution in [3.8, 4) is 0 Å². The first-order chi connectivity index (χ1) is 3.39. The zero-order chi connectivity index (χ0) is 5.11. The smallest absolute Gasteiger partial charge is 0.141 e. The molecule has 3 heteroatoms. The van der Waals surface area contributed by atoms with Crippen molar-refractivity contribution in [3.63, 3.8) is 0 Å². The van der Waals surface area contributed by atoms with E-state index in [9.17, 15) is 0 Å². The Morgan fingerprint density at radius 3 is 3.00 bits per heavy atom. The molecule has 0 N–H and O–H groups in total. The largest absolute Gasteiger partial charge is 0.343 e. The van der Waals surface area contributed by atoms with Crippen LogP contribution in [0.3, 0.4) is 0 Å². The van der Waals surface area contributed by atoms with E-state index in [0.29, 0.717) is 13.5 Å². The number of ether oxygens (including phenoxy) is 1. The molecule has 0 atom stereocenters. The van der Waals surface area contributed by atoms with Gasteiger partial charge in [0.15, 0.2) is 0 Å². The monoisotopic (exact) mass is 100 g/mol. The van der Waals surface area contributed by atoms with E-state index in [1.807, 2.05) is 11.9 Å². The highest BCUT2D eigenvalue weighted by Crippen LogP contribution is 1.86. The van der Waals surface area contributed by atoms with Crippen LogP contribution in [0.1, 0.15) is 0 Å². The quantitative estimate of drug-likeness (QED) is 0.424. The third kappa shape index (κ3) is 1.16. The Morgan fingerprint density at radius 1 is 1.86 bits per heavy atom. The van der Waals surface area contributed by atoms with Crippen LogP contribution in [0.2, 0.25) is 0 Å². The first-order valence-corrected chi connectivity index (χ1v) is 2.17. The van der Waals surface area contributed by atoms with Crippen molar-refractivity contribution in [2.24, 2.45) is 4.99 Å². The van der Waals surface area contributed by atoms with E-state index in [-0.39, 0.29) is 0 Å². The Morgan fingerprint density at radius 2 is 2.71 bits per heavy atom. The summed E-state index contributed by atoms with van der Waals surface area (Å²) in [5, 5.41) is 0. The summed E-state index contributed by atoms with van der Waals surface area (Å²) in [5.74, 6) is 0. The van der Waals surface area contributed by atoms with Gasteiger partial charge in [0.25, 0.3) is 0 Å². The predicted molar refractivity (Wildman–Crippen MR) is 27.1 cm³/mol. The first-order valence-electron chi connectivity index (χ1n) is 2.17. The Hall–Kier alpha value is -0.570. The van der Waals surface area contributed by atoms with Gasteiger partial charge in [-0.2, -0.15) is 0 Å². The molecule has 0 saturated carbocycles. The summed E-state index contributed by atoms with van der Waals surface area (Å²) in [4.78, 5) is 5.72. The van der Waals surface area contributed by atoms with Crippen LogP contribution in [0.4, 0.5) is 0 Å². The first kappa shape index (κ1) is 4.59. The van der Waals surface area contributed by atoms with Crippen LogP contribution in [-0.4, -0.2) is 31.7 Å². The van der Waals surface area contributed by atoms with E-state index >= 15 is 0 Å². The number of aliphatic imine (C=N–C) groups is 1. The maximum Gasteiger partial charge on any atom is 0.141 e. The van der Waals surface area contributed by atoms with Gasteiger partial charge in [-0.05, 0) is 0 Å². The van der Waals surface area contributed by atoms with E-state index in [2.05, 4.69) is 4.99 Å². The van der Waals surface area contributed by atoms with Crippen molar-refractivity contribution in [1.29, 1.82) is 0 Å². The SMILES string of the molecule is CN1C=NCOC1. The lowest BCUT2D eigenvalue weighted by Gasteiger charge is -2.15. The van der Waals surface area contributed by atoms with Gasteiger partial charge in [0.05, 0.1) is 6.34 Å². The van der Waals surface area contributed by atoms with Crippen LogP contribution >= 0.6 is 0 Å². The molecule has 0 aliphatic carbocycles. The molecule has 0 aromatic heterocycles. The molecule has 1 aliphatic rings. The maximum atomic E-state index is 4.91. The van der Waals surface area contributed by atoms with Gasteiger partial charge in [0, 0.05) is 7.05 Å². The van der Waals surface area contributed by atoms with E-state index in [1.54, 1.807) is 6.34 Å². The van der Waals surface area contributed by atoms with Crippen molar-refractivity contribution < 1.29 is 4.74 Å². The van der Waals surface area contributed by atoms with Crippen molar-refractivity contribution in [2.45, 2.75) is 0 Å². The summed E-state index contributed by atoms with van der Waals surface area (Å²) in [6.07, 6.45) is 1.77. The molecule has 0 aromatic rings. The second kappa shape index (κ2) is 1.93. The second-order valence-electron chi connectivity index (χ2n) is 1.52. The third-order valence-electron chi connectivity index (χ3n) is 0.740. The molecule has 0 aromatic carbocycles. The van der Waals surface area contributed by atoms with Gasteiger partial charge in [-0.3, -0.25) is 0 Å². The molecule has 1 heterocycles. The Bertz CT molecular complexity index is 81.8. The molecule has 7 heavy (non-hydrogen) atoms. The lowest BCUT2D eigenvalue weighted by molar-refractivity contribution is 0.0693. The molecule has 3 nitrogen and oxygen atoms in total. The normalized spacial score (nSPS) is 20.4. The van der Waals surface area contributed by atoms with Crippen LogP contribution in [-0.2, 0) is 4.74 Å². The summed E-state index contributed by atoms with van der Waals surface area (Å²) < 4.78 is 4.91. The molecule has 0 fully saturated rings. The number of hydrogen-bond donors (Lipinski definition) is 0. The lowest BCUT2D eigenvalue weighted by atomic mass is 10.8. The average molecular weight is 100 g/mol. The molecule has 1 aliphatic heterocycles. The highest BCUT2D eigenvalue weighted by molar-refractivity contribution is 5.54. The van der Waals surface area contributed by atoms with Gasteiger partial charge >= 0.3 is 0 Å². The van der Waals surface area contributed by atoms with Crippen LogP contribution < -0.4 is 0 Å². The molecule has 0 radical (unpaired) electrons. The van der Waals surface area contributed by atoms with Crippen LogP contribution in [0.15, 0.2) is 4.99 Å². The minimum atomic E-state index is 0.518. The molecule has 0 amide bonds. The Labute approximate surface area is 42.6 Å². The summed E-state index contributed by atoms with van der Waals surface area (Å²) in [7, 11) is 1.92. The third-order valence-corrected chi connectivity index (χ3v) is 0.740. The minimum absolute atomic E-state index is 0.518. The van der Waals surface area contributed by atoms with Gasteiger partial charge < -0.3 is 9.64 Å². The fraction of sp³-hybridized carbons (Fsp3) is 0.750. The summed E-state index contributed by atoms with van der Waals surface area (Å²) in [6, 6.07) is 0. The average Bonchev–Trinajstić information content (AvgIpc) is 1.69. The van der Waals surface area contributed by atoms with Crippen LogP contribution in [0.5, 0.6) is 0 Å². The van der Waals surface area contributed by atoms with Crippen molar-refractivity contribution in [1.82, 2.24) is 4.90 Å². The summed E-state index contributed by atoms with van der Waals surface area (Å²) in [6.45, 7) is 1.19. The van der Waals surface area contributed by atoms with E-state index in [4.69, 9.17) is 4.74 Å². The molecule has 0 unspecified atom stereocenters. The topological polar surface area (TPSA) is 24.8 Å². The predicted octanol–water partition coefficient (Wildman–Crippen LogP) is -0.108. The number of hydrogen-bond acceptors (Lipinski definition) is 3. The van der Waals surface area contributed by atoms with Gasteiger partial charge in [0.1, 0.15) is 13.5 Å². The number of nitrogens with zero attached hydrogens (tertiary/aromatic N) is 2. The van der Waals surface area contributed by atoms with Gasteiger partial charge in [0.2, 0.25) is 0 Å². The fourth-order valence-electron chi connectivity index (χ4n) is 0.444. The lowest BCUT2D eigenvalue weighted by Crippen LogP contribution is -2.23. The highest BCUT2D eigenvalue weighted by atomic mass is 16.5. The molecular weight excluding hydrogens is 92.1 g/mol. The number of rotatable bonds is 0. The standard InChI is InChI=1S/C4H8N2O/c1-6-2-5-3-7-4-6/h2H,3-4H2,1H3. The van der Waals surface area contributed by atoms with Gasteiger partial charge in [-0.1, -0.05) is 0 Å². The minimum Gasteiger partial charge on any atom is -0.343 e. The zero-order valence-electron chi connectivity index (χ0n) is 4.29. The highest BCUT2D eigenvalue weighted by Gasteiger charge is 1.93. The molecule has 40 valence electrons. The Balaban J connectivity index is 2.36. The van der Waals surface area contributed by atoms with Gasteiger partial charge in [-0.15, -0.1) is 0 Å². The fourth-order valence-corrected chi connectivity index (χ4v) is 0.444. The molecule has 1 rings (SSSR count). The summed E-state index contributed by atoms with van der Waals surface area (Å²) >= 11 is 0. The second-order valence-corrected chi connectivity index (χ2v) is 1.52. The molecule has 0 spiro atoms. The van der Waals surface area contributed by atoms with E-state index < -0.39 is 0 Å². The van der Waals surface area contributed by atoms with Crippen LogP contribution in [0.25, 0.3) is 0 Å². The molecular formula is C4H8N2O. The molecule has 0 bridgehead atoms. The van der Waals surface area contributed by atoms with E-state index in [0.717, 1.165) is 0 Å². The van der Waals surface area contributed by atoms with Gasteiger partial charge in [-0.25, -0.2) is 4.99 Å². The van der Waals surface area contributed by atoms with Crippen molar-refractivity contribution in [2.75, 3.05) is 20.5 Å². The van der Waals surface area contributed by atoms with E-state index in [1.165, 1.54) is 0 Å². The maximum absolute atomic E-state index is 4.91. The van der Waals surface area contributed by atoms with Crippen molar-refractivity contribution >= 4 is 6.34 Å². The van der Waals surface area contributed by atoms with Crippen molar-refractivity contribution in [3.05, 3.63) is 0 Å². The Kier molecular flexibility index (Phi) is 1.26. The van der Waals surface area contributed by atoms with Crippen LogP contribution in [0, 0.1) is 0 Å². The summed E-state index contributed by atoms with van der Waals surface area (Å²) in [5.41, 5.74) is 0.